The fraction of sp³-hybridized carbons (Fsp3) is 0.462. The van der Waals surface area contributed by atoms with Crippen molar-refractivity contribution in [1.82, 2.24) is 20.3 Å². The normalized spacial score (nSPS) is 19.2. The predicted molar refractivity (Wildman–Crippen MR) is 71.5 cm³/mol. The molecule has 1 saturated heterocycles. The molecule has 0 radical (unpaired) electrons. The van der Waals surface area contributed by atoms with Crippen LogP contribution in [-0.4, -0.2) is 34.1 Å². The molecule has 18 heavy (non-hydrogen) atoms. The van der Waals surface area contributed by atoms with E-state index in [2.05, 4.69) is 25.6 Å². The molecule has 1 fully saturated rings. The smallest absolute Gasteiger partial charge is 0.180 e. The van der Waals surface area contributed by atoms with Crippen LogP contribution in [0.4, 0.5) is 5.82 Å². The van der Waals surface area contributed by atoms with E-state index in [0.29, 0.717) is 11.7 Å². The number of fused-ring (bicyclic) bond motifs is 1. The zero-order valence-corrected chi connectivity index (χ0v) is 10.3. The minimum atomic E-state index is 0.665. The lowest BCUT2D eigenvalue weighted by molar-refractivity contribution is 0.574. The molecule has 2 aromatic heterocycles. The van der Waals surface area contributed by atoms with E-state index in [1.54, 1.807) is 12.4 Å². The highest BCUT2D eigenvalue weighted by atomic mass is 15.0. The fourth-order valence-electron chi connectivity index (χ4n) is 2.33. The first kappa shape index (κ1) is 11.3. The molecule has 94 valence electrons. The van der Waals surface area contributed by atoms with Crippen LogP contribution in [0.3, 0.4) is 0 Å². The molecule has 1 aliphatic heterocycles. The van der Waals surface area contributed by atoms with Crippen molar-refractivity contribution in [2.24, 2.45) is 0 Å². The Morgan fingerprint density at radius 1 is 1.28 bits per heavy atom. The molecule has 1 unspecified atom stereocenters. The van der Waals surface area contributed by atoms with Crippen molar-refractivity contribution in [3.8, 4) is 0 Å². The number of hydrogen-bond donors (Lipinski definition) is 2. The van der Waals surface area contributed by atoms with Crippen molar-refractivity contribution in [3.05, 3.63) is 24.5 Å². The molecule has 5 nitrogen and oxygen atoms in total. The second-order valence-electron chi connectivity index (χ2n) is 4.60. The third kappa shape index (κ3) is 2.56. The summed E-state index contributed by atoms with van der Waals surface area (Å²) in [7, 11) is 0. The summed E-state index contributed by atoms with van der Waals surface area (Å²) in [6, 6.07) is 4.57. The number of rotatable bonds is 4. The van der Waals surface area contributed by atoms with Crippen LogP contribution in [0.25, 0.3) is 11.2 Å². The monoisotopic (exact) mass is 243 g/mol. The molecule has 0 spiro atoms. The Hall–Kier alpha value is -1.75. The molecule has 1 atom stereocenters. The standard InChI is InChI=1S/C13H17N5/c1-2-10(14-6-1)5-7-16-12-4-3-11-13(18-12)17-9-8-15-11/h3-4,8-10,14H,1-2,5-7H2,(H,16,17,18). The summed E-state index contributed by atoms with van der Waals surface area (Å²) in [5.74, 6) is 0.876. The minimum Gasteiger partial charge on any atom is -0.370 e. The highest BCUT2D eigenvalue weighted by Gasteiger charge is 2.12. The molecular weight excluding hydrogens is 226 g/mol. The van der Waals surface area contributed by atoms with E-state index < -0.39 is 0 Å². The quantitative estimate of drug-likeness (QED) is 0.853. The van der Waals surface area contributed by atoms with Crippen LogP contribution in [-0.2, 0) is 0 Å². The second-order valence-corrected chi connectivity index (χ2v) is 4.60. The highest BCUT2D eigenvalue weighted by Crippen LogP contribution is 2.12. The van der Waals surface area contributed by atoms with Crippen LogP contribution in [0.15, 0.2) is 24.5 Å². The molecule has 0 amide bonds. The average Bonchev–Trinajstić information content (AvgIpc) is 2.92. The molecule has 2 aromatic rings. The first-order valence-corrected chi connectivity index (χ1v) is 6.47. The summed E-state index contributed by atoms with van der Waals surface area (Å²) >= 11 is 0. The average molecular weight is 243 g/mol. The molecule has 0 aromatic carbocycles. The summed E-state index contributed by atoms with van der Waals surface area (Å²) in [6.07, 6.45) is 7.08. The molecule has 2 N–H and O–H groups in total. The molecule has 5 heteroatoms. The number of hydrogen-bond acceptors (Lipinski definition) is 5. The molecule has 0 saturated carbocycles. The van der Waals surface area contributed by atoms with Crippen LogP contribution >= 0.6 is 0 Å². The van der Waals surface area contributed by atoms with Gasteiger partial charge in [0, 0.05) is 25.0 Å². The number of pyridine rings is 1. The lowest BCUT2D eigenvalue weighted by atomic mass is 10.1. The molecule has 0 aliphatic carbocycles. The van der Waals surface area contributed by atoms with Crippen molar-refractivity contribution in [2.75, 3.05) is 18.4 Å². The molecule has 0 bridgehead atoms. The summed E-state index contributed by atoms with van der Waals surface area (Å²) in [6.45, 7) is 2.10. The first-order valence-electron chi connectivity index (χ1n) is 6.47. The van der Waals surface area contributed by atoms with Crippen LogP contribution in [0.1, 0.15) is 19.3 Å². The van der Waals surface area contributed by atoms with Gasteiger partial charge in [-0.1, -0.05) is 0 Å². The number of nitrogens with one attached hydrogen (secondary N) is 2. The van der Waals surface area contributed by atoms with E-state index in [9.17, 15) is 0 Å². The zero-order valence-electron chi connectivity index (χ0n) is 10.3. The van der Waals surface area contributed by atoms with E-state index in [1.165, 1.54) is 12.8 Å². The summed E-state index contributed by atoms with van der Waals surface area (Å²) in [5.41, 5.74) is 1.53. The number of aromatic nitrogens is 3. The van der Waals surface area contributed by atoms with E-state index in [0.717, 1.165) is 30.8 Å². The van der Waals surface area contributed by atoms with Crippen LogP contribution in [0, 0.1) is 0 Å². The Bertz CT molecular complexity index is 522. The van der Waals surface area contributed by atoms with Gasteiger partial charge in [-0.05, 0) is 37.9 Å². The summed E-state index contributed by atoms with van der Waals surface area (Å²) in [4.78, 5) is 12.8. The maximum atomic E-state index is 4.43. The van der Waals surface area contributed by atoms with Gasteiger partial charge in [-0.25, -0.2) is 9.97 Å². The van der Waals surface area contributed by atoms with E-state index in [-0.39, 0.29) is 0 Å². The predicted octanol–water partition coefficient (Wildman–Crippen LogP) is 1.58. The minimum absolute atomic E-state index is 0.665. The Labute approximate surface area is 106 Å². The van der Waals surface area contributed by atoms with Crippen LogP contribution in [0.5, 0.6) is 0 Å². The molecule has 1 aliphatic rings. The van der Waals surface area contributed by atoms with Crippen LogP contribution in [0.2, 0.25) is 0 Å². The Kier molecular flexibility index (Phi) is 3.32. The van der Waals surface area contributed by atoms with Gasteiger partial charge >= 0.3 is 0 Å². The van der Waals surface area contributed by atoms with Gasteiger partial charge in [-0.2, -0.15) is 0 Å². The first-order chi connectivity index (χ1) is 8.92. The molecular formula is C13H17N5. The fourth-order valence-corrected chi connectivity index (χ4v) is 2.33. The lowest BCUT2D eigenvalue weighted by Gasteiger charge is -2.11. The van der Waals surface area contributed by atoms with Gasteiger partial charge in [0.2, 0.25) is 0 Å². The van der Waals surface area contributed by atoms with E-state index >= 15 is 0 Å². The van der Waals surface area contributed by atoms with Gasteiger partial charge in [0.15, 0.2) is 5.65 Å². The van der Waals surface area contributed by atoms with E-state index in [4.69, 9.17) is 0 Å². The second kappa shape index (κ2) is 5.27. The summed E-state index contributed by atoms with van der Waals surface area (Å²) < 4.78 is 0. The van der Waals surface area contributed by atoms with Crippen molar-refractivity contribution in [3.63, 3.8) is 0 Å². The lowest BCUT2D eigenvalue weighted by Crippen LogP contribution is -2.24. The van der Waals surface area contributed by atoms with E-state index in [1.807, 2.05) is 12.1 Å². The highest BCUT2D eigenvalue weighted by molar-refractivity contribution is 5.71. The topological polar surface area (TPSA) is 62.7 Å². The third-order valence-electron chi connectivity index (χ3n) is 3.29. The zero-order chi connectivity index (χ0) is 12.2. The largest absolute Gasteiger partial charge is 0.370 e. The van der Waals surface area contributed by atoms with Gasteiger partial charge in [-0.15, -0.1) is 0 Å². The van der Waals surface area contributed by atoms with Crippen LogP contribution < -0.4 is 10.6 Å². The third-order valence-corrected chi connectivity index (χ3v) is 3.29. The summed E-state index contributed by atoms with van der Waals surface area (Å²) in [5, 5.41) is 6.83. The maximum absolute atomic E-state index is 4.43. The Balaban J connectivity index is 1.60. The van der Waals surface area contributed by atoms with Crippen molar-refractivity contribution in [1.29, 1.82) is 0 Å². The Morgan fingerprint density at radius 2 is 2.22 bits per heavy atom. The molecule has 3 rings (SSSR count). The number of nitrogens with zero attached hydrogens (tertiary/aromatic N) is 3. The SMILES string of the molecule is c1cnc2nc(NCCC3CCCN3)ccc2n1. The van der Waals surface area contributed by atoms with Crippen molar-refractivity contribution >= 4 is 17.0 Å². The Morgan fingerprint density at radius 3 is 3.11 bits per heavy atom. The van der Waals surface area contributed by atoms with Gasteiger partial charge < -0.3 is 10.6 Å². The molecule has 3 heterocycles. The van der Waals surface area contributed by atoms with Gasteiger partial charge in [0.05, 0.1) is 0 Å². The van der Waals surface area contributed by atoms with Crippen molar-refractivity contribution < 1.29 is 0 Å². The van der Waals surface area contributed by atoms with Gasteiger partial charge in [0.25, 0.3) is 0 Å². The van der Waals surface area contributed by atoms with Crippen molar-refractivity contribution in [2.45, 2.75) is 25.3 Å². The number of anilines is 1. The maximum Gasteiger partial charge on any atom is 0.180 e. The van der Waals surface area contributed by atoms with Gasteiger partial charge in [-0.3, -0.25) is 4.98 Å². The van der Waals surface area contributed by atoms with Gasteiger partial charge in [0.1, 0.15) is 11.3 Å².